The number of nitro groups is 1. The van der Waals surface area contributed by atoms with E-state index in [1.165, 1.54) is 0 Å². The molecule has 1 heterocycles. The summed E-state index contributed by atoms with van der Waals surface area (Å²) in [4.78, 5) is 11.1. The molecule has 0 radical (unpaired) electrons. The van der Waals surface area contributed by atoms with Gasteiger partial charge in [0.05, 0.1) is 0 Å². The summed E-state index contributed by atoms with van der Waals surface area (Å²) in [5.41, 5.74) is -1.41. The first-order valence-corrected chi connectivity index (χ1v) is 5.72. The van der Waals surface area contributed by atoms with Crippen molar-refractivity contribution in [2.24, 2.45) is 5.14 Å². The van der Waals surface area contributed by atoms with Gasteiger partial charge >= 0.3 is 5.82 Å². The highest BCUT2D eigenvalue weighted by atomic mass is 35.5. The molecule has 1 rings (SSSR count). The van der Waals surface area contributed by atoms with Crippen LogP contribution in [0.4, 0.5) is 14.6 Å². The highest BCUT2D eigenvalue weighted by molar-refractivity contribution is 7.89. The van der Waals surface area contributed by atoms with Crippen LogP contribution in [-0.4, -0.2) is 18.3 Å². The molecule has 1 aromatic rings. The van der Waals surface area contributed by atoms with E-state index in [0.717, 1.165) is 0 Å². The van der Waals surface area contributed by atoms with E-state index < -0.39 is 42.7 Å². The van der Waals surface area contributed by atoms with Gasteiger partial charge in [0.15, 0.2) is 6.20 Å². The molecule has 0 saturated heterocycles. The molecule has 0 aliphatic carbocycles. The summed E-state index contributed by atoms with van der Waals surface area (Å²) in [7, 11) is -4.62. The van der Waals surface area contributed by atoms with Crippen LogP contribution < -0.4 is 5.14 Å². The van der Waals surface area contributed by atoms with Crippen LogP contribution in [0.25, 0.3) is 0 Å². The van der Waals surface area contributed by atoms with Gasteiger partial charge in [0, 0.05) is 0 Å². The Kier molecular flexibility index (Phi) is 3.59. The second-order valence-electron chi connectivity index (χ2n) is 2.78. The standard InChI is InChI=1S/C6H4ClF2N3O4S/c7-2-1-11-6(12(13)14)3(5(8)9)4(2)17(10,15)16/h1,5H,(H2,10,15,16). The highest BCUT2D eigenvalue weighted by Gasteiger charge is 2.34. The van der Waals surface area contributed by atoms with Gasteiger partial charge in [-0.1, -0.05) is 11.6 Å². The maximum absolute atomic E-state index is 12.6. The Morgan fingerprint density at radius 3 is 2.41 bits per heavy atom. The van der Waals surface area contributed by atoms with E-state index in [-0.39, 0.29) is 0 Å². The number of aromatic nitrogens is 1. The van der Waals surface area contributed by atoms with Gasteiger partial charge in [0.2, 0.25) is 10.0 Å². The molecular weight excluding hydrogens is 284 g/mol. The first-order valence-electron chi connectivity index (χ1n) is 3.80. The summed E-state index contributed by atoms with van der Waals surface area (Å²) in [5, 5.41) is 14.4. The number of sulfonamides is 1. The van der Waals surface area contributed by atoms with Crippen molar-refractivity contribution in [3.05, 3.63) is 26.9 Å². The number of rotatable bonds is 3. The topological polar surface area (TPSA) is 116 Å². The number of nitrogens with two attached hydrogens (primary N) is 1. The molecular formula is C6H4ClF2N3O4S. The van der Waals surface area contributed by atoms with Crippen molar-refractivity contribution < 1.29 is 22.1 Å². The predicted octanol–water partition coefficient (Wildman–Crippen LogP) is 1.23. The summed E-state index contributed by atoms with van der Waals surface area (Å²) >= 11 is 5.36. The second kappa shape index (κ2) is 4.47. The molecule has 0 fully saturated rings. The first-order chi connectivity index (χ1) is 7.66. The van der Waals surface area contributed by atoms with Crippen molar-refractivity contribution >= 4 is 27.4 Å². The van der Waals surface area contributed by atoms with E-state index in [2.05, 4.69) is 10.1 Å². The fourth-order valence-electron chi connectivity index (χ4n) is 1.11. The van der Waals surface area contributed by atoms with Crippen LogP contribution >= 0.6 is 11.6 Å². The zero-order chi connectivity index (χ0) is 13.4. The lowest BCUT2D eigenvalue weighted by atomic mass is 10.2. The Hall–Kier alpha value is -1.39. The maximum Gasteiger partial charge on any atom is 0.373 e. The third kappa shape index (κ3) is 2.65. The molecule has 0 saturated carbocycles. The largest absolute Gasteiger partial charge is 0.373 e. The highest BCUT2D eigenvalue weighted by Crippen LogP contribution is 2.36. The van der Waals surface area contributed by atoms with Crippen molar-refractivity contribution in [2.75, 3.05) is 0 Å². The second-order valence-corrected chi connectivity index (χ2v) is 4.68. The SMILES string of the molecule is NS(=O)(=O)c1c(Cl)cnc([N+](=O)[O-])c1C(F)F. The number of pyridine rings is 1. The molecule has 11 heteroatoms. The van der Waals surface area contributed by atoms with Crippen LogP contribution in [0.5, 0.6) is 0 Å². The number of primary sulfonamides is 1. The van der Waals surface area contributed by atoms with Crippen LogP contribution in [-0.2, 0) is 10.0 Å². The van der Waals surface area contributed by atoms with Crippen molar-refractivity contribution in [1.29, 1.82) is 0 Å². The number of hydrogen-bond donors (Lipinski definition) is 1. The fraction of sp³-hybridized carbons (Fsp3) is 0.167. The molecule has 17 heavy (non-hydrogen) atoms. The predicted molar refractivity (Wildman–Crippen MR) is 52.2 cm³/mol. The Balaban J connectivity index is 3.80. The number of hydrogen-bond acceptors (Lipinski definition) is 5. The molecule has 1 aromatic heterocycles. The van der Waals surface area contributed by atoms with Crippen molar-refractivity contribution in [3.8, 4) is 0 Å². The molecule has 0 unspecified atom stereocenters. The molecule has 0 bridgehead atoms. The molecule has 2 N–H and O–H groups in total. The van der Waals surface area contributed by atoms with Gasteiger partial charge in [0.25, 0.3) is 6.43 Å². The van der Waals surface area contributed by atoms with E-state index in [9.17, 15) is 27.3 Å². The Morgan fingerprint density at radius 1 is 1.53 bits per heavy atom. The Labute approximate surface area is 98.4 Å². The van der Waals surface area contributed by atoms with Crippen molar-refractivity contribution in [2.45, 2.75) is 11.3 Å². The number of nitrogens with zero attached hydrogens (tertiary/aromatic N) is 2. The molecule has 0 spiro atoms. The summed E-state index contributed by atoms with van der Waals surface area (Å²) in [6.07, 6.45) is -2.87. The van der Waals surface area contributed by atoms with Crippen molar-refractivity contribution in [3.63, 3.8) is 0 Å². The average molecular weight is 288 g/mol. The van der Waals surface area contributed by atoms with E-state index >= 15 is 0 Å². The quantitative estimate of drug-likeness (QED) is 0.663. The minimum Gasteiger partial charge on any atom is -0.358 e. The van der Waals surface area contributed by atoms with Gasteiger partial charge in [-0.05, 0) is 9.91 Å². The minimum absolute atomic E-state index is 0.575. The minimum atomic E-state index is -4.62. The molecule has 0 aliphatic rings. The Morgan fingerprint density at radius 2 is 2.06 bits per heavy atom. The number of alkyl halides is 2. The van der Waals surface area contributed by atoms with E-state index in [1.54, 1.807) is 0 Å². The lowest BCUT2D eigenvalue weighted by Gasteiger charge is -2.07. The zero-order valence-electron chi connectivity index (χ0n) is 7.80. The van der Waals surface area contributed by atoms with Crippen molar-refractivity contribution in [1.82, 2.24) is 4.98 Å². The molecule has 0 aliphatic heterocycles. The molecule has 0 atom stereocenters. The van der Waals surface area contributed by atoms with Crippen LogP contribution in [0.15, 0.2) is 11.1 Å². The van der Waals surface area contributed by atoms with Crippen LogP contribution in [0.3, 0.4) is 0 Å². The van der Waals surface area contributed by atoms with Gasteiger partial charge in [0.1, 0.15) is 15.5 Å². The van der Waals surface area contributed by atoms with E-state index in [0.29, 0.717) is 6.20 Å². The molecule has 7 nitrogen and oxygen atoms in total. The van der Waals surface area contributed by atoms with E-state index in [1.807, 2.05) is 0 Å². The molecule has 0 amide bonds. The zero-order valence-corrected chi connectivity index (χ0v) is 9.37. The summed E-state index contributed by atoms with van der Waals surface area (Å²) in [6, 6.07) is 0. The third-order valence-corrected chi connectivity index (χ3v) is 3.09. The van der Waals surface area contributed by atoms with E-state index in [4.69, 9.17) is 11.6 Å². The van der Waals surface area contributed by atoms with Gasteiger partial charge in [-0.25, -0.2) is 22.3 Å². The van der Waals surface area contributed by atoms with Crippen LogP contribution in [0.2, 0.25) is 5.02 Å². The van der Waals surface area contributed by atoms with Gasteiger partial charge in [-0.15, -0.1) is 0 Å². The molecule has 94 valence electrons. The summed E-state index contributed by atoms with van der Waals surface area (Å²) in [6.45, 7) is 0. The van der Waals surface area contributed by atoms with Gasteiger partial charge in [-0.2, -0.15) is 0 Å². The normalized spacial score (nSPS) is 11.8. The van der Waals surface area contributed by atoms with Gasteiger partial charge < -0.3 is 10.1 Å². The van der Waals surface area contributed by atoms with Crippen LogP contribution in [0, 0.1) is 10.1 Å². The average Bonchev–Trinajstić information content (AvgIpc) is 2.14. The molecule has 0 aromatic carbocycles. The lowest BCUT2D eigenvalue weighted by Crippen LogP contribution is -2.17. The first kappa shape index (κ1) is 13.7. The summed E-state index contributed by atoms with van der Waals surface area (Å²) in [5.74, 6) is -1.30. The Bertz CT molecular complexity index is 577. The summed E-state index contributed by atoms with van der Waals surface area (Å²) < 4.78 is 47.4. The smallest absolute Gasteiger partial charge is 0.358 e. The lowest BCUT2D eigenvalue weighted by molar-refractivity contribution is -0.391. The fourth-order valence-corrected chi connectivity index (χ4v) is 2.39. The maximum atomic E-state index is 12.6. The van der Waals surface area contributed by atoms with Gasteiger partial charge in [-0.3, -0.25) is 0 Å². The monoisotopic (exact) mass is 287 g/mol. The van der Waals surface area contributed by atoms with Crippen LogP contribution in [0.1, 0.15) is 12.0 Å². The number of halogens is 3. The third-order valence-electron chi connectivity index (χ3n) is 1.68.